The fourth-order valence-corrected chi connectivity index (χ4v) is 3.98. The Morgan fingerprint density at radius 2 is 2.40 bits per heavy atom. The van der Waals surface area contributed by atoms with Crippen LogP contribution in [0, 0.1) is 0 Å². The first kappa shape index (κ1) is 13.5. The first-order valence-corrected chi connectivity index (χ1v) is 8.05. The third-order valence-corrected chi connectivity index (χ3v) is 5.00. The lowest BCUT2D eigenvalue weighted by Crippen LogP contribution is -2.27. The van der Waals surface area contributed by atoms with E-state index in [1.54, 1.807) is 6.20 Å². The predicted octanol–water partition coefficient (Wildman–Crippen LogP) is 2.10. The van der Waals surface area contributed by atoms with E-state index < -0.39 is 0 Å². The number of hydrogen-bond acceptors (Lipinski definition) is 6. The Balaban J connectivity index is 1.87. The van der Waals surface area contributed by atoms with Gasteiger partial charge < -0.3 is 15.1 Å². The summed E-state index contributed by atoms with van der Waals surface area (Å²) in [6.45, 7) is 2.21. The lowest BCUT2D eigenvalue weighted by molar-refractivity contribution is 0.762. The molecular formula is C13H20N6S. The molecule has 108 valence electrons. The lowest BCUT2D eigenvalue weighted by Gasteiger charge is -2.21. The second-order valence-electron chi connectivity index (χ2n) is 4.95. The van der Waals surface area contributed by atoms with E-state index in [4.69, 9.17) is 5.84 Å². The van der Waals surface area contributed by atoms with Crippen LogP contribution in [0.3, 0.4) is 0 Å². The Bertz CT molecular complexity index is 583. The molecule has 7 heteroatoms. The highest BCUT2D eigenvalue weighted by molar-refractivity contribution is 7.99. The van der Waals surface area contributed by atoms with E-state index >= 15 is 0 Å². The van der Waals surface area contributed by atoms with Gasteiger partial charge in [0.2, 0.25) is 0 Å². The smallest absolute Gasteiger partial charge is 0.180 e. The van der Waals surface area contributed by atoms with Crippen molar-refractivity contribution in [3.8, 4) is 0 Å². The highest BCUT2D eigenvalue weighted by Gasteiger charge is 2.28. The van der Waals surface area contributed by atoms with Crippen LogP contribution in [-0.2, 0) is 0 Å². The summed E-state index contributed by atoms with van der Waals surface area (Å²) in [5.74, 6) is 8.08. The van der Waals surface area contributed by atoms with Gasteiger partial charge in [-0.1, -0.05) is 13.3 Å². The van der Waals surface area contributed by atoms with Crippen molar-refractivity contribution in [2.24, 2.45) is 5.84 Å². The van der Waals surface area contributed by atoms with E-state index in [0.717, 1.165) is 17.2 Å². The largest absolute Gasteiger partial charge is 0.363 e. The molecule has 0 amide bonds. The molecule has 20 heavy (non-hydrogen) atoms. The van der Waals surface area contributed by atoms with E-state index in [1.807, 2.05) is 28.6 Å². The summed E-state index contributed by atoms with van der Waals surface area (Å²) < 4.78 is 1.93. The van der Waals surface area contributed by atoms with Crippen LogP contribution in [0.4, 0.5) is 11.6 Å². The fraction of sp³-hybridized carbons (Fsp3) is 0.538. The van der Waals surface area contributed by atoms with Crippen molar-refractivity contribution in [2.75, 3.05) is 16.5 Å². The molecule has 1 saturated carbocycles. The zero-order valence-corrected chi connectivity index (χ0v) is 12.4. The standard InChI is InChI=1S/C13H20N6S/c1-2-20-10-5-3-4-9(10)16-12-13-15-6-7-19(13)8-11(17-12)18-14/h6-10,18H,2-5,14H2,1H3,(H,16,17). The molecule has 1 aliphatic rings. The Morgan fingerprint density at radius 3 is 3.20 bits per heavy atom. The molecule has 2 aromatic heterocycles. The van der Waals surface area contributed by atoms with Crippen LogP contribution in [0.25, 0.3) is 5.65 Å². The average Bonchev–Trinajstić information content (AvgIpc) is 3.08. The zero-order valence-electron chi connectivity index (χ0n) is 11.5. The molecular weight excluding hydrogens is 272 g/mol. The van der Waals surface area contributed by atoms with Crippen LogP contribution in [0.5, 0.6) is 0 Å². The van der Waals surface area contributed by atoms with Crippen molar-refractivity contribution in [3.05, 3.63) is 18.6 Å². The van der Waals surface area contributed by atoms with Crippen LogP contribution >= 0.6 is 11.8 Å². The Morgan fingerprint density at radius 1 is 1.50 bits per heavy atom. The topological polar surface area (TPSA) is 80.3 Å². The average molecular weight is 292 g/mol. The molecule has 0 aliphatic heterocycles. The summed E-state index contributed by atoms with van der Waals surface area (Å²) in [6, 6.07) is 0.459. The van der Waals surface area contributed by atoms with Gasteiger partial charge in [0, 0.05) is 23.7 Å². The first-order chi connectivity index (χ1) is 9.81. The number of anilines is 2. The fourth-order valence-electron chi connectivity index (χ4n) is 2.78. The minimum Gasteiger partial charge on any atom is -0.363 e. The van der Waals surface area contributed by atoms with Gasteiger partial charge >= 0.3 is 0 Å². The van der Waals surface area contributed by atoms with Gasteiger partial charge in [0.25, 0.3) is 0 Å². The van der Waals surface area contributed by atoms with Crippen molar-refractivity contribution in [2.45, 2.75) is 37.5 Å². The second kappa shape index (κ2) is 5.88. The lowest BCUT2D eigenvalue weighted by atomic mass is 10.2. The maximum Gasteiger partial charge on any atom is 0.180 e. The summed E-state index contributed by atoms with van der Waals surface area (Å²) in [7, 11) is 0. The SMILES string of the molecule is CCSC1CCCC1Nc1nc(NN)cn2ccnc12. The van der Waals surface area contributed by atoms with Crippen molar-refractivity contribution in [1.82, 2.24) is 14.4 Å². The van der Waals surface area contributed by atoms with Crippen molar-refractivity contribution in [3.63, 3.8) is 0 Å². The predicted molar refractivity (Wildman–Crippen MR) is 84.0 cm³/mol. The van der Waals surface area contributed by atoms with Crippen LogP contribution in [-0.4, -0.2) is 31.4 Å². The molecule has 3 rings (SSSR count). The van der Waals surface area contributed by atoms with E-state index in [9.17, 15) is 0 Å². The van der Waals surface area contributed by atoms with Crippen LogP contribution in [0.1, 0.15) is 26.2 Å². The summed E-state index contributed by atoms with van der Waals surface area (Å²) in [4.78, 5) is 8.88. The molecule has 0 radical (unpaired) electrons. The number of hydrazine groups is 1. The molecule has 0 spiro atoms. The van der Waals surface area contributed by atoms with Crippen LogP contribution < -0.4 is 16.6 Å². The molecule has 2 aromatic rings. The van der Waals surface area contributed by atoms with Gasteiger partial charge in [0.15, 0.2) is 17.3 Å². The summed E-state index contributed by atoms with van der Waals surface area (Å²) >= 11 is 2.03. The molecule has 1 fully saturated rings. The first-order valence-electron chi connectivity index (χ1n) is 7.00. The number of nitrogens with one attached hydrogen (secondary N) is 2. The van der Waals surface area contributed by atoms with Crippen molar-refractivity contribution in [1.29, 1.82) is 0 Å². The summed E-state index contributed by atoms with van der Waals surface area (Å²) in [5, 5.41) is 4.23. The third-order valence-electron chi connectivity index (χ3n) is 3.68. The molecule has 4 N–H and O–H groups in total. The molecule has 2 unspecified atom stereocenters. The van der Waals surface area contributed by atoms with Crippen molar-refractivity contribution >= 4 is 29.0 Å². The van der Waals surface area contributed by atoms with E-state index in [0.29, 0.717) is 17.1 Å². The van der Waals surface area contributed by atoms with Crippen LogP contribution in [0.2, 0.25) is 0 Å². The molecule has 2 heterocycles. The Hall–Kier alpha value is -1.47. The normalized spacial score (nSPS) is 22.3. The van der Waals surface area contributed by atoms with E-state index in [2.05, 4.69) is 27.6 Å². The Labute approximate surface area is 122 Å². The second-order valence-corrected chi connectivity index (χ2v) is 6.47. The van der Waals surface area contributed by atoms with E-state index in [-0.39, 0.29) is 0 Å². The van der Waals surface area contributed by atoms with Gasteiger partial charge in [0.05, 0.1) is 6.20 Å². The quantitative estimate of drug-likeness (QED) is 0.578. The number of fused-ring (bicyclic) bond motifs is 1. The Kier molecular flexibility index (Phi) is 3.98. The monoisotopic (exact) mass is 292 g/mol. The number of rotatable bonds is 5. The zero-order chi connectivity index (χ0) is 13.9. The van der Waals surface area contributed by atoms with Gasteiger partial charge in [-0.3, -0.25) is 0 Å². The minimum atomic E-state index is 0.459. The molecule has 0 aromatic carbocycles. The van der Waals surface area contributed by atoms with Crippen LogP contribution in [0.15, 0.2) is 18.6 Å². The van der Waals surface area contributed by atoms with Gasteiger partial charge in [-0.15, -0.1) is 0 Å². The highest BCUT2D eigenvalue weighted by atomic mass is 32.2. The van der Waals surface area contributed by atoms with Gasteiger partial charge in [-0.2, -0.15) is 11.8 Å². The number of nitrogen functional groups attached to an aromatic ring is 1. The molecule has 6 nitrogen and oxygen atoms in total. The summed E-state index contributed by atoms with van der Waals surface area (Å²) in [6.07, 6.45) is 9.24. The maximum atomic E-state index is 5.48. The number of nitrogens with two attached hydrogens (primary N) is 1. The van der Waals surface area contributed by atoms with Gasteiger partial charge in [-0.05, 0) is 18.6 Å². The molecule has 0 saturated heterocycles. The van der Waals surface area contributed by atoms with Gasteiger partial charge in [0.1, 0.15) is 0 Å². The number of hydrogen-bond donors (Lipinski definition) is 3. The van der Waals surface area contributed by atoms with E-state index in [1.165, 1.54) is 19.3 Å². The maximum absolute atomic E-state index is 5.48. The van der Waals surface area contributed by atoms with Gasteiger partial charge in [-0.25, -0.2) is 15.8 Å². The number of nitrogens with zero attached hydrogens (tertiary/aromatic N) is 3. The number of aromatic nitrogens is 3. The third kappa shape index (κ3) is 2.55. The summed E-state index contributed by atoms with van der Waals surface area (Å²) in [5.41, 5.74) is 3.45. The molecule has 0 bridgehead atoms. The number of thioether (sulfide) groups is 1. The minimum absolute atomic E-state index is 0.459. The van der Waals surface area contributed by atoms with Crippen molar-refractivity contribution < 1.29 is 0 Å². The molecule has 1 aliphatic carbocycles. The molecule has 2 atom stereocenters. The number of imidazole rings is 1. The highest BCUT2D eigenvalue weighted by Crippen LogP contribution is 2.32.